The Labute approximate surface area is 181 Å². The van der Waals surface area contributed by atoms with Crippen LogP contribution in [-0.2, 0) is 0 Å². The summed E-state index contributed by atoms with van der Waals surface area (Å²) in [5.74, 6) is 0.886. The van der Waals surface area contributed by atoms with E-state index in [2.05, 4.69) is 25.9 Å². The molecular weight excluding hydrogens is 427 g/mol. The van der Waals surface area contributed by atoms with E-state index in [9.17, 15) is 4.79 Å². The molecule has 8 nitrogen and oxygen atoms in total. The molecule has 4 aromatic rings. The number of ether oxygens (including phenoxy) is 1. The number of rotatable bonds is 6. The van der Waals surface area contributed by atoms with Crippen LogP contribution in [0.1, 0.15) is 0 Å². The first-order valence-electron chi connectivity index (χ1n) is 9.01. The second-order valence-electron chi connectivity index (χ2n) is 6.18. The average molecular weight is 443 g/mol. The van der Waals surface area contributed by atoms with E-state index in [4.69, 9.17) is 27.9 Å². The summed E-state index contributed by atoms with van der Waals surface area (Å²) in [6, 6.07) is 17.2. The zero-order valence-electron chi connectivity index (χ0n) is 15.5. The van der Waals surface area contributed by atoms with E-state index in [-0.39, 0.29) is 12.6 Å². The van der Waals surface area contributed by atoms with Gasteiger partial charge in [0.2, 0.25) is 5.88 Å². The molecule has 2 heterocycles. The van der Waals surface area contributed by atoms with E-state index in [1.807, 2.05) is 18.2 Å². The zero-order chi connectivity index (χ0) is 20.9. The van der Waals surface area contributed by atoms with Crippen molar-refractivity contribution in [1.82, 2.24) is 25.1 Å². The Morgan fingerprint density at radius 1 is 1.00 bits per heavy atom. The number of benzene rings is 2. The van der Waals surface area contributed by atoms with Crippen LogP contribution in [0.4, 0.5) is 10.5 Å². The van der Waals surface area contributed by atoms with Gasteiger partial charge >= 0.3 is 6.03 Å². The number of fused-ring (bicyclic) bond motifs is 1. The lowest BCUT2D eigenvalue weighted by atomic mass is 10.2. The number of hydrogen-bond acceptors (Lipinski definition) is 5. The lowest BCUT2D eigenvalue weighted by Crippen LogP contribution is -2.32. The van der Waals surface area contributed by atoms with Crippen molar-refractivity contribution in [2.75, 3.05) is 18.5 Å². The number of nitrogens with zero attached hydrogens (tertiary/aromatic N) is 4. The lowest BCUT2D eigenvalue weighted by Gasteiger charge is -2.09. The standard InChI is InChI=1S/C20H16Cl2N6O2/c21-13-5-7-14(8-6-13)24-20(29)23-11-12-30-18-10-9-17-25-26-19(28(17)27-18)15-3-1-2-4-16(15)22/h1-10H,11-12H2,(H2,23,24,29). The highest BCUT2D eigenvalue weighted by atomic mass is 35.5. The molecule has 0 fully saturated rings. The molecule has 0 aliphatic heterocycles. The molecule has 4 rings (SSSR count). The minimum Gasteiger partial charge on any atom is -0.475 e. The van der Waals surface area contributed by atoms with Crippen LogP contribution in [-0.4, -0.2) is 39.0 Å². The summed E-state index contributed by atoms with van der Waals surface area (Å²) >= 11 is 12.1. The number of urea groups is 1. The fourth-order valence-electron chi connectivity index (χ4n) is 2.69. The van der Waals surface area contributed by atoms with E-state index in [1.54, 1.807) is 47.0 Å². The van der Waals surface area contributed by atoms with Crippen molar-refractivity contribution in [1.29, 1.82) is 0 Å². The van der Waals surface area contributed by atoms with Crippen LogP contribution in [0, 0.1) is 0 Å². The van der Waals surface area contributed by atoms with Crippen molar-refractivity contribution in [3.05, 3.63) is 70.7 Å². The molecule has 2 N–H and O–H groups in total. The van der Waals surface area contributed by atoms with E-state index in [0.717, 1.165) is 5.56 Å². The number of hydrogen-bond donors (Lipinski definition) is 2. The monoisotopic (exact) mass is 442 g/mol. The SMILES string of the molecule is O=C(NCCOc1ccc2nnc(-c3ccccc3Cl)n2n1)Nc1ccc(Cl)cc1. The van der Waals surface area contributed by atoms with Gasteiger partial charge in [0.05, 0.1) is 11.6 Å². The third-order valence-electron chi connectivity index (χ3n) is 4.09. The highest BCUT2D eigenvalue weighted by Gasteiger charge is 2.13. The summed E-state index contributed by atoms with van der Waals surface area (Å²) in [4.78, 5) is 11.9. The molecular formula is C20H16Cl2N6O2. The molecule has 0 aliphatic rings. The second kappa shape index (κ2) is 8.98. The summed E-state index contributed by atoms with van der Waals surface area (Å²) in [6.45, 7) is 0.523. The maximum atomic E-state index is 11.9. The van der Waals surface area contributed by atoms with Gasteiger partial charge in [0.15, 0.2) is 11.5 Å². The third kappa shape index (κ3) is 4.61. The van der Waals surface area contributed by atoms with Crippen LogP contribution in [0.5, 0.6) is 5.88 Å². The first-order valence-corrected chi connectivity index (χ1v) is 9.76. The molecule has 0 bridgehead atoms. The Morgan fingerprint density at radius 3 is 2.60 bits per heavy atom. The van der Waals surface area contributed by atoms with Gasteiger partial charge in [-0.25, -0.2) is 4.79 Å². The van der Waals surface area contributed by atoms with Crippen molar-refractivity contribution in [2.24, 2.45) is 0 Å². The third-order valence-corrected chi connectivity index (χ3v) is 4.67. The molecule has 0 saturated carbocycles. The number of nitrogens with one attached hydrogen (secondary N) is 2. The smallest absolute Gasteiger partial charge is 0.319 e. The Morgan fingerprint density at radius 2 is 1.80 bits per heavy atom. The summed E-state index contributed by atoms with van der Waals surface area (Å²) in [7, 11) is 0. The van der Waals surface area contributed by atoms with Crippen LogP contribution >= 0.6 is 23.2 Å². The van der Waals surface area contributed by atoms with E-state index in [0.29, 0.717) is 39.6 Å². The molecule has 0 atom stereocenters. The summed E-state index contributed by atoms with van der Waals surface area (Å²) in [6.07, 6.45) is 0. The molecule has 0 spiro atoms. The molecule has 10 heteroatoms. The number of amides is 2. The quantitative estimate of drug-likeness (QED) is 0.434. The lowest BCUT2D eigenvalue weighted by molar-refractivity contribution is 0.246. The Bertz CT molecular complexity index is 1180. The second-order valence-corrected chi connectivity index (χ2v) is 7.02. The van der Waals surface area contributed by atoms with E-state index < -0.39 is 0 Å². The number of anilines is 1. The van der Waals surface area contributed by atoms with Gasteiger partial charge in [0.25, 0.3) is 0 Å². The molecule has 30 heavy (non-hydrogen) atoms. The largest absolute Gasteiger partial charge is 0.475 e. The van der Waals surface area contributed by atoms with Crippen molar-refractivity contribution >= 4 is 40.6 Å². The topological polar surface area (TPSA) is 93.4 Å². The van der Waals surface area contributed by atoms with E-state index >= 15 is 0 Å². The first-order chi connectivity index (χ1) is 14.6. The van der Waals surface area contributed by atoms with Gasteiger partial charge < -0.3 is 15.4 Å². The highest BCUT2D eigenvalue weighted by Crippen LogP contribution is 2.26. The predicted molar refractivity (Wildman–Crippen MR) is 115 cm³/mol. The molecule has 2 amide bonds. The van der Waals surface area contributed by atoms with Crippen LogP contribution in [0.25, 0.3) is 17.0 Å². The van der Waals surface area contributed by atoms with Crippen LogP contribution in [0.15, 0.2) is 60.7 Å². The van der Waals surface area contributed by atoms with Gasteiger partial charge in [-0.15, -0.1) is 15.3 Å². The number of halogens is 2. The van der Waals surface area contributed by atoms with Gasteiger partial charge in [-0.05, 0) is 42.5 Å². The Balaban J connectivity index is 1.35. The fraction of sp³-hybridized carbons (Fsp3) is 0.100. The predicted octanol–water partition coefficient (Wildman–Crippen LogP) is 4.30. The normalized spacial score (nSPS) is 10.7. The van der Waals surface area contributed by atoms with Crippen molar-refractivity contribution < 1.29 is 9.53 Å². The Kier molecular flexibility index (Phi) is 5.97. The molecule has 0 aliphatic carbocycles. The molecule has 0 saturated heterocycles. The molecule has 0 unspecified atom stereocenters. The summed E-state index contributed by atoms with van der Waals surface area (Å²) in [5.41, 5.74) is 1.93. The molecule has 2 aromatic carbocycles. The number of carbonyl (C=O) groups excluding carboxylic acids is 1. The fourth-order valence-corrected chi connectivity index (χ4v) is 3.03. The van der Waals surface area contributed by atoms with Gasteiger partial charge in [0.1, 0.15) is 6.61 Å². The first kappa shape index (κ1) is 19.9. The van der Waals surface area contributed by atoms with Crippen LogP contribution < -0.4 is 15.4 Å². The van der Waals surface area contributed by atoms with Crippen molar-refractivity contribution in [2.45, 2.75) is 0 Å². The van der Waals surface area contributed by atoms with Crippen LogP contribution in [0.3, 0.4) is 0 Å². The summed E-state index contributed by atoms with van der Waals surface area (Å²) < 4.78 is 7.21. The van der Waals surface area contributed by atoms with Crippen molar-refractivity contribution in [3.8, 4) is 17.3 Å². The average Bonchev–Trinajstić information content (AvgIpc) is 3.16. The van der Waals surface area contributed by atoms with Gasteiger partial charge in [-0.2, -0.15) is 4.52 Å². The molecule has 152 valence electrons. The summed E-state index contributed by atoms with van der Waals surface area (Å²) in [5, 5.41) is 19.3. The van der Waals surface area contributed by atoms with Crippen molar-refractivity contribution in [3.63, 3.8) is 0 Å². The maximum absolute atomic E-state index is 11.9. The van der Waals surface area contributed by atoms with Crippen LogP contribution in [0.2, 0.25) is 10.0 Å². The molecule has 0 radical (unpaired) electrons. The maximum Gasteiger partial charge on any atom is 0.319 e. The molecule has 2 aromatic heterocycles. The van der Waals surface area contributed by atoms with Gasteiger partial charge in [0, 0.05) is 22.3 Å². The van der Waals surface area contributed by atoms with Gasteiger partial charge in [-0.3, -0.25) is 0 Å². The number of aromatic nitrogens is 4. The minimum absolute atomic E-state index is 0.232. The Hall–Kier alpha value is -3.36. The van der Waals surface area contributed by atoms with Gasteiger partial charge in [-0.1, -0.05) is 35.3 Å². The highest BCUT2D eigenvalue weighted by molar-refractivity contribution is 6.33. The number of carbonyl (C=O) groups is 1. The van der Waals surface area contributed by atoms with E-state index in [1.165, 1.54) is 0 Å². The zero-order valence-corrected chi connectivity index (χ0v) is 17.1. The minimum atomic E-state index is -0.343.